The molecule has 0 radical (unpaired) electrons. The standard InChI is InChI=1S/C23H19F3N4O4/c24-23(25,26)18-11-16(31)2-4-19(18)34-17-3-1-15(28-13-17)12-29-21(33)22(7-8-22)30-20(32)14-5-9-27-10-6-14/h1-6,9-11,13,31H,7-8,12H2,(H,29,33)(H,30,32). The number of carbonyl (C=O) groups excluding carboxylic acids is 2. The molecule has 1 aliphatic carbocycles. The molecule has 0 atom stereocenters. The Balaban J connectivity index is 1.35. The number of carbonyl (C=O) groups is 2. The first-order valence-corrected chi connectivity index (χ1v) is 10.2. The van der Waals surface area contributed by atoms with Crippen LogP contribution in [0.4, 0.5) is 13.2 Å². The van der Waals surface area contributed by atoms with Crippen LogP contribution in [0.2, 0.25) is 0 Å². The number of phenolic OH excluding ortho intramolecular Hbond substituents is 1. The van der Waals surface area contributed by atoms with Crippen molar-refractivity contribution in [2.75, 3.05) is 0 Å². The number of phenols is 1. The average Bonchev–Trinajstić information content (AvgIpc) is 3.60. The Bertz CT molecular complexity index is 1200. The first-order chi connectivity index (χ1) is 16.2. The molecule has 11 heteroatoms. The molecule has 8 nitrogen and oxygen atoms in total. The molecule has 1 aliphatic rings. The fourth-order valence-electron chi connectivity index (χ4n) is 3.20. The smallest absolute Gasteiger partial charge is 0.420 e. The molecule has 0 saturated heterocycles. The summed E-state index contributed by atoms with van der Waals surface area (Å²) in [5.74, 6) is -1.68. The second-order valence-corrected chi connectivity index (χ2v) is 7.72. The predicted molar refractivity (Wildman–Crippen MR) is 113 cm³/mol. The monoisotopic (exact) mass is 472 g/mol. The van der Waals surface area contributed by atoms with E-state index in [1.165, 1.54) is 30.7 Å². The van der Waals surface area contributed by atoms with Gasteiger partial charge >= 0.3 is 6.18 Å². The third kappa shape index (κ3) is 5.25. The Hall–Kier alpha value is -4.15. The Morgan fingerprint density at radius 1 is 1.09 bits per heavy atom. The van der Waals surface area contributed by atoms with Crippen molar-refractivity contribution in [3.05, 3.63) is 77.9 Å². The molecule has 1 fully saturated rings. The molecule has 2 aromatic heterocycles. The van der Waals surface area contributed by atoms with E-state index in [9.17, 15) is 27.9 Å². The van der Waals surface area contributed by atoms with Crippen LogP contribution in [0.5, 0.6) is 17.2 Å². The van der Waals surface area contributed by atoms with E-state index in [-0.39, 0.29) is 24.1 Å². The number of ether oxygens (including phenoxy) is 1. The summed E-state index contributed by atoms with van der Waals surface area (Å²) in [4.78, 5) is 32.9. The van der Waals surface area contributed by atoms with Crippen LogP contribution in [-0.4, -0.2) is 32.4 Å². The van der Waals surface area contributed by atoms with Gasteiger partial charge in [-0.3, -0.25) is 19.6 Å². The fourth-order valence-corrected chi connectivity index (χ4v) is 3.20. The van der Waals surface area contributed by atoms with Crippen molar-refractivity contribution in [1.29, 1.82) is 0 Å². The molecule has 3 N–H and O–H groups in total. The second-order valence-electron chi connectivity index (χ2n) is 7.72. The largest absolute Gasteiger partial charge is 0.508 e. The molecule has 1 saturated carbocycles. The first kappa shape index (κ1) is 23.0. The average molecular weight is 472 g/mol. The summed E-state index contributed by atoms with van der Waals surface area (Å²) >= 11 is 0. The minimum Gasteiger partial charge on any atom is -0.508 e. The zero-order chi connectivity index (χ0) is 24.3. The number of aromatic nitrogens is 2. The molecule has 2 heterocycles. The van der Waals surface area contributed by atoms with E-state index in [4.69, 9.17) is 4.74 Å². The van der Waals surface area contributed by atoms with Gasteiger partial charge < -0.3 is 20.5 Å². The summed E-state index contributed by atoms with van der Waals surface area (Å²) in [5.41, 5.74) is -1.25. The summed E-state index contributed by atoms with van der Waals surface area (Å²) in [5, 5.41) is 14.8. The van der Waals surface area contributed by atoms with Crippen molar-refractivity contribution in [3.63, 3.8) is 0 Å². The Morgan fingerprint density at radius 3 is 2.44 bits per heavy atom. The predicted octanol–water partition coefficient (Wildman–Crippen LogP) is 3.57. The summed E-state index contributed by atoms with van der Waals surface area (Å²) in [6, 6.07) is 8.69. The number of pyridine rings is 2. The van der Waals surface area contributed by atoms with Gasteiger partial charge in [0.2, 0.25) is 5.91 Å². The molecule has 2 amide bonds. The van der Waals surface area contributed by atoms with Crippen LogP contribution in [0.15, 0.2) is 61.1 Å². The first-order valence-electron chi connectivity index (χ1n) is 10.2. The van der Waals surface area contributed by atoms with Gasteiger partial charge in [0.05, 0.1) is 18.4 Å². The van der Waals surface area contributed by atoms with Gasteiger partial charge in [0, 0.05) is 18.0 Å². The number of nitrogens with zero attached hydrogens (tertiary/aromatic N) is 2. The summed E-state index contributed by atoms with van der Waals surface area (Å²) in [6.45, 7) is 0.0546. The van der Waals surface area contributed by atoms with Crippen LogP contribution < -0.4 is 15.4 Å². The summed E-state index contributed by atoms with van der Waals surface area (Å²) in [7, 11) is 0. The number of nitrogens with one attached hydrogen (secondary N) is 2. The SMILES string of the molecule is O=C(NC1(C(=O)NCc2ccc(Oc3ccc(O)cc3C(F)(F)F)cn2)CC1)c1ccncc1. The quantitative estimate of drug-likeness (QED) is 0.485. The number of benzene rings is 1. The van der Waals surface area contributed by atoms with Gasteiger partial charge in [-0.2, -0.15) is 13.2 Å². The Kier molecular flexibility index (Phi) is 6.10. The second kappa shape index (κ2) is 9.00. The maximum absolute atomic E-state index is 13.2. The van der Waals surface area contributed by atoms with Gasteiger partial charge in [0.25, 0.3) is 5.91 Å². The third-order valence-corrected chi connectivity index (χ3v) is 5.20. The van der Waals surface area contributed by atoms with Gasteiger partial charge in [-0.05, 0) is 55.3 Å². The van der Waals surface area contributed by atoms with Crippen molar-refractivity contribution < 1.29 is 32.6 Å². The van der Waals surface area contributed by atoms with E-state index in [1.54, 1.807) is 12.1 Å². The minimum absolute atomic E-state index is 0.0505. The molecule has 0 aliphatic heterocycles. The minimum atomic E-state index is -4.71. The number of rotatable bonds is 7. The van der Waals surface area contributed by atoms with Crippen molar-refractivity contribution in [1.82, 2.24) is 20.6 Å². The van der Waals surface area contributed by atoms with Crippen LogP contribution in [0.3, 0.4) is 0 Å². The lowest BCUT2D eigenvalue weighted by atomic mass is 10.2. The highest BCUT2D eigenvalue weighted by atomic mass is 19.4. The van der Waals surface area contributed by atoms with Crippen LogP contribution in [-0.2, 0) is 17.5 Å². The van der Waals surface area contributed by atoms with Crippen molar-refractivity contribution in [2.45, 2.75) is 31.1 Å². The van der Waals surface area contributed by atoms with E-state index >= 15 is 0 Å². The van der Waals surface area contributed by atoms with Crippen LogP contribution in [0.25, 0.3) is 0 Å². The van der Waals surface area contributed by atoms with Crippen molar-refractivity contribution in [3.8, 4) is 17.2 Å². The molecule has 0 bridgehead atoms. The van der Waals surface area contributed by atoms with Gasteiger partial charge in [-0.1, -0.05) is 0 Å². The summed E-state index contributed by atoms with van der Waals surface area (Å²) in [6.07, 6.45) is 0.496. The molecular formula is C23H19F3N4O4. The number of hydrogen-bond donors (Lipinski definition) is 3. The lowest BCUT2D eigenvalue weighted by molar-refractivity contribution is -0.138. The van der Waals surface area contributed by atoms with Crippen LogP contribution in [0.1, 0.15) is 34.5 Å². The molecule has 34 heavy (non-hydrogen) atoms. The zero-order valence-corrected chi connectivity index (χ0v) is 17.6. The Labute approximate surface area is 191 Å². The normalized spacial score (nSPS) is 14.2. The van der Waals surface area contributed by atoms with Crippen LogP contribution >= 0.6 is 0 Å². The highest BCUT2D eigenvalue weighted by Crippen LogP contribution is 2.40. The van der Waals surface area contributed by atoms with Gasteiger partial charge in [0.1, 0.15) is 28.4 Å². The van der Waals surface area contributed by atoms with Crippen LogP contribution in [0, 0.1) is 0 Å². The van der Waals surface area contributed by atoms with Gasteiger partial charge in [0.15, 0.2) is 0 Å². The van der Waals surface area contributed by atoms with E-state index in [0.29, 0.717) is 30.2 Å². The number of halogens is 3. The topological polar surface area (TPSA) is 113 Å². The molecule has 1 aromatic carbocycles. The fraction of sp³-hybridized carbons (Fsp3) is 0.217. The lowest BCUT2D eigenvalue weighted by Gasteiger charge is -2.17. The maximum atomic E-state index is 13.2. The number of amides is 2. The Morgan fingerprint density at radius 2 is 1.82 bits per heavy atom. The van der Waals surface area contributed by atoms with E-state index in [2.05, 4.69) is 20.6 Å². The highest BCUT2D eigenvalue weighted by molar-refractivity contribution is 6.00. The van der Waals surface area contributed by atoms with Crippen molar-refractivity contribution in [2.24, 2.45) is 0 Å². The molecule has 4 rings (SSSR count). The number of aromatic hydroxyl groups is 1. The molecule has 0 spiro atoms. The van der Waals surface area contributed by atoms with E-state index < -0.39 is 28.8 Å². The van der Waals surface area contributed by atoms with E-state index in [1.807, 2.05) is 0 Å². The van der Waals surface area contributed by atoms with Gasteiger partial charge in [-0.15, -0.1) is 0 Å². The highest BCUT2D eigenvalue weighted by Gasteiger charge is 2.51. The third-order valence-electron chi connectivity index (χ3n) is 5.20. The molecule has 176 valence electrons. The molecular weight excluding hydrogens is 453 g/mol. The maximum Gasteiger partial charge on any atom is 0.420 e. The molecule has 3 aromatic rings. The number of alkyl halides is 3. The summed E-state index contributed by atoms with van der Waals surface area (Å²) < 4.78 is 44.8. The van der Waals surface area contributed by atoms with Gasteiger partial charge in [-0.25, -0.2) is 0 Å². The number of hydrogen-bond acceptors (Lipinski definition) is 6. The zero-order valence-electron chi connectivity index (χ0n) is 17.6. The molecule has 0 unspecified atom stereocenters. The van der Waals surface area contributed by atoms with E-state index in [0.717, 1.165) is 12.1 Å². The van der Waals surface area contributed by atoms with Crippen molar-refractivity contribution >= 4 is 11.8 Å². The lowest BCUT2D eigenvalue weighted by Crippen LogP contribution is -2.48.